The summed E-state index contributed by atoms with van der Waals surface area (Å²) < 4.78 is 39.5. The van der Waals surface area contributed by atoms with E-state index in [1.54, 1.807) is 6.92 Å². The van der Waals surface area contributed by atoms with E-state index in [-0.39, 0.29) is 12.3 Å². The molecule has 20 heavy (non-hydrogen) atoms. The van der Waals surface area contributed by atoms with Gasteiger partial charge in [-0.2, -0.15) is 0 Å². The standard InChI is InChI=1S/C12H15F3N2O3/c1-2-9(18)7-16-11(19)17-8-3-5-10(6-4-8)20-12(13,14)15/h3-6,9,18H,2,7H2,1H3,(H2,16,17,19). The van der Waals surface area contributed by atoms with Crippen LogP contribution in [0.15, 0.2) is 24.3 Å². The number of alkyl halides is 3. The second kappa shape index (κ2) is 6.99. The first kappa shape index (κ1) is 16.1. The molecule has 0 saturated heterocycles. The summed E-state index contributed by atoms with van der Waals surface area (Å²) in [6.07, 6.45) is -4.88. The van der Waals surface area contributed by atoms with Crippen LogP contribution in [0.25, 0.3) is 0 Å². The molecule has 2 amide bonds. The van der Waals surface area contributed by atoms with Gasteiger partial charge in [0.2, 0.25) is 0 Å². The molecule has 0 saturated carbocycles. The van der Waals surface area contributed by atoms with Gasteiger partial charge in [-0.3, -0.25) is 0 Å². The Hall–Kier alpha value is -1.96. The number of urea groups is 1. The van der Waals surface area contributed by atoms with Crippen LogP contribution in [0, 0.1) is 0 Å². The summed E-state index contributed by atoms with van der Waals surface area (Å²) in [5.41, 5.74) is 0.308. The lowest BCUT2D eigenvalue weighted by molar-refractivity contribution is -0.274. The number of hydrogen-bond donors (Lipinski definition) is 3. The lowest BCUT2D eigenvalue weighted by Gasteiger charge is -2.12. The maximum Gasteiger partial charge on any atom is 0.573 e. The second-order valence-corrected chi connectivity index (χ2v) is 3.97. The normalized spacial score (nSPS) is 12.7. The number of carbonyl (C=O) groups is 1. The summed E-state index contributed by atoms with van der Waals surface area (Å²) in [4.78, 5) is 11.4. The molecule has 0 aromatic heterocycles. The number of rotatable bonds is 5. The maximum atomic E-state index is 11.9. The van der Waals surface area contributed by atoms with E-state index in [0.29, 0.717) is 12.1 Å². The fourth-order valence-corrected chi connectivity index (χ4v) is 1.27. The van der Waals surface area contributed by atoms with Gasteiger partial charge in [-0.1, -0.05) is 6.92 Å². The highest BCUT2D eigenvalue weighted by Gasteiger charge is 2.30. The van der Waals surface area contributed by atoms with E-state index >= 15 is 0 Å². The predicted molar refractivity (Wildman–Crippen MR) is 66.4 cm³/mol. The van der Waals surface area contributed by atoms with Crippen molar-refractivity contribution in [3.05, 3.63) is 24.3 Å². The molecule has 0 spiro atoms. The third-order valence-electron chi connectivity index (χ3n) is 2.32. The van der Waals surface area contributed by atoms with Crippen molar-refractivity contribution in [2.24, 2.45) is 0 Å². The molecule has 1 unspecified atom stereocenters. The van der Waals surface area contributed by atoms with Gasteiger partial charge in [-0.05, 0) is 30.7 Å². The molecule has 5 nitrogen and oxygen atoms in total. The molecule has 0 aliphatic rings. The van der Waals surface area contributed by atoms with Crippen LogP contribution >= 0.6 is 0 Å². The number of anilines is 1. The fourth-order valence-electron chi connectivity index (χ4n) is 1.27. The zero-order valence-electron chi connectivity index (χ0n) is 10.7. The number of benzene rings is 1. The summed E-state index contributed by atoms with van der Waals surface area (Å²) in [7, 11) is 0. The number of carbonyl (C=O) groups excluding carboxylic acids is 1. The molecule has 1 aromatic rings. The lowest BCUT2D eigenvalue weighted by atomic mass is 10.3. The van der Waals surface area contributed by atoms with Crippen molar-refractivity contribution in [2.45, 2.75) is 25.8 Å². The van der Waals surface area contributed by atoms with E-state index in [2.05, 4.69) is 15.4 Å². The van der Waals surface area contributed by atoms with E-state index in [4.69, 9.17) is 0 Å². The number of hydrogen-bond acceptors (Lipinski definition) is 3. The number of aliphatic hydroxyl groups excluding tert-OH is 1. The predicted octanol–water partition coefficient (Wildman–Crippen LogP) is 2.48. The number of aliphatic hydroxyl groups is 1. The third-order valence-corrected chi connectivity index (χ3v) is 2.32. The van der Waals surface area contributed by atoms with Crippen molar-refractivity contribution < 1.29 is 27.8 Å². The first-order valence-electron chi connectivity index (χ1n) is 5.89. The van der Waals surface area contributed by atoms with Crippen LogP contribution in [0.5, 0.6) is 5.75 Å². The summed E-state index contributed by atoms with van der Waals surface area (Å²) >= 11 is 0. The molecule has 0 heterocycles. The van der Waals surface area contributed by atoms with E-state index in [1.807, 2.05) is 0 Å². The quantitative estimate of drug-likeness (QED) is 0.781. The molecule has 0 fully saturated rings. The topological polar surface area (TPSA) is 70.6 Å². The average molecular weight is 292 g/mol. The molecule has 1 aromatic carbocycles. The Kier molecular flexibility index (Phi) is 5.63. The van der Waals surface area contributed by atoms with Gasteiger partial charge in [0.15, 0.2) is 0 Å². The Labute approximate surface area is 113 Å². The molecule has 0 radical (unpaired) electrons. The minimum Gasteiger partial charge on any atom is -0.406 e. The van der Waals surface area contributed by atoms with Gasteiger partial charge in [0.25, 0.3) is 0 Å². The Morgan fingerprint density at radius 3 is 2.45 bits per heavy atom. The Balaban J connectivity index is 2.47. The minimum absolute atomic E-state index is 0.0948. The monoisotopic (exact) mass is 292 g/mol. The molecule has 0 bridgehead atoms. The van der Waals surface area contributed by atoms with Crippen LogP contribution in [0.2, 0.25) is 0 Å². The van der Waals surface area contributed by atoms with Crippen molar-refractivity contribution in [1.29, 1.82) is 0 Å². The summed E-state index contributed by atoms with van der Waals surface area (Å²) in [5, 5.41) is 14.1. The highest BCUT2D eigenvalue weighted by Crippen LogP contribution is 2.23. The largest absolute Gasteiger partial charge is 0.573 e. The Bertz CT molecular complexity index is 435. The van der Waals surface area contributed by atoms with E-state index in [1.165, 1.54) is 12.1 Å². The summed E-state index contributed by atoms with van der Waals surface area (Å²) in [6, 6.07) is 4.17. The number of amides is 2. The maximum absolute atomic E-state index is 11.9. The lowest BCUT2D eigenvalue weighted by Crippen LogP contribution is -2.34. The first-order valence-corrected chi connectivity index (χ1v) is 5.89. The summed E-state index contributed by atoms with van der Waals surface area (Å²) in [6.45, 7) is 1.86. The van der Waals surface area contributed by atoms with Gasteiger partial charge in [0, 0.05) is 12.2 Å². The van der Waals surface area contributed by atoms with Crippen LogP contribution in [0.4, 0.5) is 23.7 Å². The zero-order valence-corrected chi connectivity index (χ0v) is 10.7. The zero-order chi connectivity index (χ0) is 15.2. The van der Waals surface area contributed by atoms with Crippen LogP contribution in [0.3, 0.4) is 0 Å². The van der Waals surface area contributed by atoms with Crippen molar-refractivity contribution >= 4 is 11.7 Å². The van der Waals surface area contributed by atoms with Gasteiger partial charge >= 0.3 is 12.4 Å². The van der Waals surface area contributed by atoms with E-state index in [0.717, 1.165) is 12.1 Å². The molecule has 112 valence electrons. The van der Waals surface area contributed by atoms with Crippen molar-refractivity contribution in [3.63, 3.8) is 0 Å². The summed E-state index contributed by atoms with van der Waals surface area (Å²) in [5.74, 6) is -0.370. The van der Waals surface area contributed by atoms with Crippen LogP contribution in [0.1, 0.15) is 13.3 Å². The van der Waals surface area contributed by atoms with Crippen molar-refractivity contribution in [1.82, 2.24) is 5.32 Å². The van der Waals surface area contributed by atoms with Crippen molar-refractivity contribution in [2.75, 3.05) is 11.9 Å². The van der Waals surface area contributed by atoms with E-state index in [9.17, 15) is 23.1 Å². The molecule has 1 atom stereocenters. The SMILES string of the molecule is CCC(O)CNC(=O)Nc1ccc(OC(F)(F)F)cc1. The van der Waals surface area contributed by atoms with Crippen molar-refractivity contribution in [3.8, 4) is 5.75 Å². The highest BCUT2D eigenvalue weighted by molar-refractivity contribution is 5.89. The third kappa shape index (κ3) is 6.28. The van der Waals surface area contributed by atoms with Gasteiger partial charge in [0.1, 0.15) is 5.75 Å². The molecular formula is C12H15F3N2O3. The van der Waals surface area contributed by atoms with Crippen LogP contribution in [-0.2, 0) is 0 Å². The highest BCUT2D eigenvalue weighted by atomic mass is 19.4. The molecular weight excluding hydrogens is 277 g/mol. The number of ether oxygens (including phenoxy) is 1. The Morgan fingerprint density at radius 1 is 1.35 bits per heavy atom. The van der Waals surface area contributed by atoms with Gasteiger partial charge < -0.3 is 20.5 Å². The minimum atomic E-state index is -4.75. The van der Waals surface area contributed by atoms with Gasteiger partial charge in [-0.25, -0.2) is 4.79 Å². The molecule has 0 aliphatic carbocycles. The van der Waals surface area contributed by atoms with Crippen LogP contribution in [-0.4, -0.2) is 30.1 Å². The molecule has 0 aliphatic heterocycles. The molecule has 3 N–H and O–H groups in total. The van der Waals surface area contributed by atoms with Gasteiger partial charge in [0.05, 0.1) is 6.10 Å². The smallest absolute Gasteiger partial charge is 0.406 e. The van der Waals surface area contributed by atoms with Gasteiger partial charge in [-0.15, -0.1) is 13.2 Å². The molecule has 8 heteroatoms. The number of halogens is 3. The Morgan fingerprint density at radius 2 is 1.95 bits per heavy atom. The fraction of sp³-hybridized carbons (Fsp3) is 0.417. The van der Waals surface area contributed by atoms with Crippen LogP contribution < -0.4 is 15.4 Å². The average Bonchev–Trinajstić information content (AvgIpc) is 2.36. The van der Waals surface area contributed by atoms with E-state index < -0.39 is 18.5 Å². The second-order valence-electron chi connectivity index (χ2n) is 3.97. The number of nitrogens with one attached hydrogen (secondary N) is 2. The molecule has 1 rings (SSSR count). The first-order chi connectivity index (χ1) is 9.30.